The van der Waals surface area contributed by atoms with Gasteiger partial charge in [-0.15, -0.1) is 0 Å². The maximum Gasteiger partial charge on any atom is 0.417 e. The summed E-state index contributed by atoms with van der Waals surface area (Å²) in [7, 11) is -4.13. The van der Waals surface area contributed by atoms with Crippen molar-refractivity contribution in [3.05, 3.63) is 39.5 Å². The molecule has 0 aliphatic carbocycles. The smallest absolute Gasteiger partial charge is 0.358 e. The maximum atomic E-state index is 13.0. The second-order valence-electron chi connectivity index (χ2n) is 5.80. The number of benzene rings is 1. The highest BCUT2D eigenvalue weighted by Gasteiger charge is 2.36. The summed E-state index contributed by atoms with van der Waals surface area (Å²) < 4.78 is 69.6. The molecule has 0 amide bonds. The van der Waals surface area contributed by atoms with Crippen LogP contribution in [0.15, 0.2) is 23.1 Å². The Bertz CT molecular complexity index is 1040. The van der Waals surface area contributed by atoms with Gasteiger partial charge in [-0.05, 0) is 29.7 Å². The molecule has 1 saturated heterocycles. The third-order valence-electron chi connectivity index (χ3n) is 4.15. The van der Waals surface area contributed by atoms with Gasteiger partial charge in [0.25, 0.3) is 0 Å². The Morgan fingerprint density at radius 3 is 2.39 bits per heavy atom. The molecule has 0 unspecified atom stereocenters. The Labute approximate surface area is 172 Å². The van der Waals surface area contributed by atoms with Crippen LogP contribution in [0.25, 0.3) is 0 Å². The van der Waals surface area contributed by atoms with Crippen LogP contribution in [-0.4, -0.2) is 43.3 Å². The molecule has 1 aromatic heterocycles. The maximum absolute atomic E-state index is 13.0. The number of nitriles is 1. The van der Waals surface area contributed by atoms with Crippen molar-refractivity contribution in [3.8, 4) is 6.07 Å². The summed E-state index contributed by atoms with van der Waals surface area (Å²) in [6.45, 7) is 0.553. The second kappa shape index (κ2) is 7.68. The standard InChI is InChI=1S/C15H11Cl2F3N4O2S2/c16-12-2-1-9(7-11(12)15(18,19)20)28(25,26)24-5-3-23(4-6-24)14-10(8-21)13(17)22-27-14/h1-2,7H,3-6H2. The Balaban J connectivity index is 1.81. The van der Waals surface area contributed by atoms with Crippen molar-refractivity contribution in [3.63, 3.8) is 0 Å². The highest BCUT2D eigenvalue weighted by atomic mass is 35.5. The summed E-state index contributed by atoms with van der Waals surface area (Å²) in [5.74, 6) is 0. The summed E-state index contributed by atoms with van der Waals surface area (Å²) in [5.41, 5.74) is -0.984. The number of hydrogen-bond donors (Lipinski definition) is 0. The van der Waals surface area contributed by atoms with E-state index in [2.05, 4.69) is 4.37 Å². The van der Waals surface area contributed by atoms with E-state index in [9.17, 15) is 21.6 Å². The Hall–Kier alpha value is -1.58. The second-order valence-corrected chi connectivity index (χ2v) is 9.25. The van der Waals surface area contributed by atoms with Crippen LogP contribution in [-0.2, 0) is 16.2 Å². The number of anilines is 1. The SMILES string of the molecule is N#Cc1c(Cl)nsc1N1CCN(S(=O)(=O)c2ccc(Cl)c(C(F)(F)F)c2)CC1. The Morgan fingerprint density at radius 1 is 1.18 bits per heavy atom. The Morgan fingerprint density at radius 2 is 1.82 bits per heavy atom. The van der Waals surface area contributed by atoms with Gasteiger partial charge >= 0.3 is 6.18 Å². The van der Waals surface area contributed by atoms with E-state index in [4.69, 9.17) is 28.5 Å². The van der Waals surface area contributed by atoms with Crippen LogP contribution in [0.4, 0.5) is 18.2 Å². The van der Waals surface area contributed by atoms with Gasteiger partial charge in [-0.25, -0.2) is 8.42 Å². The van der Waals surface area contributed by atoms with Gasteiger partial charge in [-0.3, -0.25) is 0 Å². The lowest BCUT2D eigenvalue weighted by molar-refractivity contribution is -0.137. The molecule has 0 saturated carbocycles. The molecule has 0 bridgehead atoms. The van der Waals surface area contributed by atoms with Crippen LogP contribution in [0.5, 0.6) is 0 Å². The molecule has 0 spiro atoms. The summed E-state index contributed by atoms with van der Waals surface area (Å²) in [4.78, 5) is 1.30. The van der Waals surface area contributed by atoms with E-state index >= 15 is 0 Å². The van der Waals surface area contributed by atoms with Crippen LogP contribution >= 0.6 is 34.7 Å². The van der Waals surface area contributed by atoms with Crippen LogP contribution in [0.3, 0.4) is 0 Å². The van der Waals surface area contributed by atoms with E-state index in [0.29, 0.717) is 11.1 Å². The summed E-state index contributed by atoms with van der Waals surface area (Å²) in [6, 6.07) is 4.47. The highest BCUT2D eigenvalue weighted by molar-refractivity contribution is 7.89. The fraction of sp³-hybridized carbons (Fsp3) is 0.333. The molecule has 28 heavy (non-hydrogen) atoms. The minimum atomic E-state index is -4.76. The summed E-state index contributed by atoms with van der Waals surface area (Å²) in [6.07, 6.45) is -4.76. The third-order valence-corrected chi connectivity index (χ3v) is 7.66. The highest BCUT2D eigenvalue weighted by Crippen LogP contribution is 2.37. The van der Waals surface area contributed by atoms with Gasteiger partial charge in [0.05, 0.1) is 15.5 Å². The molecule has 2 heterocycles. The van der Waals surface area contributed by atoms with E-state index in [1.54, 1.807) is 4.90 Å². The number of rotatable bonds is 3. The molecule has 0 radical (unpaired) electrons. The first-order valence-corrected chi connectivity index (χ1v) is 10.7. The number of aromatic nitrogens is 1. The fourth-order valence-corrected chi connectivity index (χ4v) is 5.49. The molecular formula is C15H11Cl2F3N4O2S2. The van der Waals surface area contributed by atoms with Crippen molar-refractivity contribution in [2.24, 2.45) is 0 Å². The number of nitrogens with zero attached hydrogens (tertiary/aromatic N) is 4. The predicted octanol–water partition coefficient (Wildman–Crippen LogP) is 3.85. The van der Waals surface area contributed by atoms with Crippen molar-refractivity contribution in [1.29, 1.82) is 5.26 Å². The molecule has 1 aliphatic heterocycles. The molecule has 0 N–H and O–H groups in total. The van der Waals surface area contributed by atoms with Gasteiger partial charge in [0.15, 0.2) is 5.15 Å². The van der Waals surface area contributed by atoms with Crippen molar-refractivity contribution in [2.75, 3.05) is 31.1 Å². The Kier molecular flexibility index (Phi) is 5.80. The van der Waals surface area contributed by atoms with Crippen molar-refractivity contribution >= 4 is 49.8 Å². The first kappa shape index (κ1) is 21.1. The quantitative estimate of drug-likeness (QED) is 0.680. The molecule has 1 aliphatic rings. The molecule has 1 fully saturated rings. The first-order valence-electron chi connectivity index (χ1n) is 7.73. The van der Waals surface area contributed by atoms with Crippen molar-refractivity contribution in [2.45, 2.75) is 11.1 Å². The summed E-state index contributed by atoms with van der Waals surface area (Å²) in [5, 5.41) is 9.21. The average Bonchev–Trinajstić information content (AvgIpc) is 3.01. The normalized spacial score (nSPS) is 16.2. The van der Waals surface area contributed by atoms with Crippen LogP contribution < -0.4 is 4.90 Å². The van der Waals surface area contributed by atoms with Gasteiger partial charge < -0.3 is 4.90 Å². The molecule has 13 heteroatoms. The lowest BCUT2D eigenvalue weighted by Gasteiger charge is -2.34. The number of piperazine rings is 1. The van der Waals surface area contributed by atoms with Gasteiger partial charge in [0.2, 0.25) is 10.0 Å². The molecule has 6 nitrogen and oxygen atoms in total. The number of hydrogen-bond acceptors (Lipinski definition) is 6. The first-order chi connectivity index (χ1) is 13.1. The van der Waals surface area contributed by atoms with Gasteiger partial charge in [0, 0.05) is 26.2 Å². The average molecular weight is 471 g/mol. The topological polar surface area (TPSA) is 77.3 Å². The van der Waals surface area contributed by atoms with Crippen LogP contribution in [0, 0.1) is 11.3 Å². The molecule has 0 atom stereocenters. The van der Waals surface area contributed by atoms with E-state index in [1.807, 2.05) is 6.07 Å². The summed E-state index contributed by atoms with van der Waals surface area (Å²) >= 11 is 12.4. The zero-order valence-electron chi connectivity index (χ0n) is 13.9. The minimum Gasteiger partial charge on any atom is -0.358 e. The minimum absolute atomic E-state index is 0.0344. The third kappa shape index (κ3) is 3.92. The molecule has 2 aromatic rings. The molecule has 3 rings (SSSR count). The predicted molar refractivity (Wildman–Crippen MR) is 99.3 cm³/mol. The van der Waals surface area contributed by atoms with Crippen molar-refractivity contribution in [1.82, 2.24) is 8.68 Å². The van der Waals surface area contributed by atoms with E-state index < -0.39 is 31.7 Å². The fourth-order valence-electron chi connectivity index (χ4n) is 2.74. The number of halogens is 5. The molecular weight excluding hydrogens is 460 g/mol. The number of alkyl halides is 3. The van der Waals surface area contributed by atoms with Crippen molar-refractivity contribution < 1.29 is 21.6 Å². The van der Waals surface area contributed by atoms with Gasteiger partial charge in [0.1, 0.15) is 16.6 Å². The van der Waals surface area contributed by atoms with Gasteiger partial charge in [-0.1, -0.05) is 23.2 Å². The van der Waals surface area contributed by atoms with Gasteiger partial charge in [-0.2, -0.15) is 27.1 Å². The monoisotopic (exact) mass is 470 g/mol. The van der Waals surface area contributed by atoms with E-state index in [-0.39, 0.29) is 36.9 Å². The number of sulfonamides is 1. The zero-order valence-corrected chi connectivity index (χ0v) is 17.0. The lowest BCUT2D eigenvalue weighted by atomic mass is 10.2. The van der Waals surface area contributed by atoms with Crippen LogP contribution in [0.1, 0.15) is 11.1 Å². The van der Waals surface area contributed by atoms with E-state index in [0.717, 1.165) is 28.0 Å². The molecule has 150 valence electrons. The molecule has 1 aromatic carbocycles. The zero-order chi connectivity index (χ0) is 20.7. The lowest BCUT2D eigenvalue weighted by Crippen LogP contribution is -2.48. The van der Waals surface area contributed by atoms with E-state index in [1.165, 1.54) is 0 Å². The van der Waals surface area contributed by atoms with Crippen LogP contribution in [0.2, 0.25) is 10.2 Å². The largest absolute Gasteiger partial charge is 0.417 e.